The molecule has 0 amide bonds. The van der Waals surface area contributed by atoms with Crippen LogP contribution in [0.4, 0.5) is 0 Å². The molecule has 2 nitrogen and oxygen atoms in total. The lowest BCUT2D eigenvalue weighted by atomic mass is 9.95. The molecule has 1 aromatic carbocycles. The molecule has 1 aliphatic rings. The van der Waals surface area contributed by atoms with Crippen molar-refractivity contribution in [1.82, 2.24) is 0 Å². The smallest absolute Gasteiger partial charge is 0.307 e. The van der Waals surface area contributed by atoms with Gasteiger partial charge in [-0.3, -0.25) is 4.79 Å². The first-order valence-electron chi connectivity index (χ1n) is 4.60. The van der Waals surface area contributed by atoms with Crippen molar-refractivity contribution in [3.8, 4) is 0 Å². The van der Waals surface area contributed by atoms with E-state index >= 15 is 0 Å². The molecule has 2 rings (SSSR count). The molecule has 2 unspecified atom stereocenters. The fourth-order valence-electron chi connectivity index (χ4n) is 2.11. The lowest BCUT2D eigenvalue weighted by Crippen LogP contribution is -2.16. The minimum absolute atomic E-state index is 0.125. The fourth-order valence-corrected chi connectivity index (χ4v) is 2.49. The highest BCUT2D eigenvalue weighted by Gasteiger charge is 2.33. The van der Waals surface area contributed by atoms with Crippen molar-refractivity contribution in [2.24, 2.45) is 5.92 Å². The highest BCUT2D eigenvalue weighted by molar-refractivity contribution is 9.10. The summed E-state index contributed by atoms with van der Waals surface area (Å²) in [6.45, 7) is 1.98. The van der Waals surface area contributed by atoms with Gasteiger partial charge in [-0.25, -0.2) is 0 Å². The Labute approximate surface area is 91.1 Å². The average molecular weight is 255 g/mol. The van der Waals surface area contributed by atoms with E-state index in [1.807, 2.05) is 25.1 Å². The van der Waals surface area contributed by atoms with E-state index in [0.29, 0.717) is 6.42 Å². The Balaban J connectivity index is 2.41. The number of carboxylic acids is 1. The summed E-state index contributed by atoms with van der Waals surface area (Å²) in [5.74, 6) is -0.816. The SMILES string of the molecule is CC1c2cc(Br)ccc2CC1C(=O)O. The Morgan fingerprint density at radius 3 is 2.93 bits per heavy atom. The maximum atomic E-state index is 11.0. The molecule has 1 aliphatic carbocycles. The molecule has 3 heteroatoms. The third-order valence-corrected chi connectivity index (χ3v) is 3.45. The third kappa shape index (κ3) is 1.46. The number of halogens is 1. The van der Waals surface area contributed by atoms with Crippen LogP contribution in [0.2, 0.25) is 0 Å². The molecule has 1 aromatic rings. The summed E-state index contributed by atoms with van der Waals surface area (Å²) in [6.07, 6.45) is 0.666. The van der Waals surface area contributed by atoms with Gasteiger partial charge in [-0.05, 0) is 35.6 Å². The molecule has 0 radical (unpaired) electrons. The molecule has 14 heavy (non-hydrogen) atoms. The van der Waals surface area contributed by atoms with E-state index < -0.39 is 5.97 Å². The zero-order chi connectivity index (χ0) is 10.3. The van der Waals surface area contributed by atoms with Crippen LogP contribution in [-0.4, -0.2) is 11.1 Å². The molecule has 0 fully saturated rings. The number of hydrogen-bond acceptors (Lipinski definition) is 1. The number of fused-ring (bicyclic) bond motifs is 1. The van der Waals surface area contributed by atoms with E-state index in [2.05, 4.69) is 15.9 Å². The number of aliphatic carboxylic acids is 1. The first kappa shape index (κ1) is 9.71. The Morgan fingerprint density at radius 1 is 1.57 bits per heavy atom. The van der Waals surface area contributed by atoms with E-state index in [1.54, 1.807) is 0 Å². The molecule has 0 aliphatic heterocycles. The van der Waals surface area contributed by atoms with Crippen LogP contribution in [0.3, 0.4) is 0 Å². The van der Waals surface area contributed by atoms with Crippen molar-refractivity contribution in [3.05, 3.63) is 33.8 Å². The van der Waals surface area contributed by atoms with Crippen LogP contribution >= 0.6 is 15.9 Å². The van der Waals surface area contributed by atoms with Gasteiger partial charge < -0.3 is 5.11 Å². The van der Waals surface area contributed by atoms with E-state index in [0.717, 1.165) is 4.47 Å². The number of hydrogen-bond donors (Lipinski definition) is 1. The number of benzene rings is 1. The highest BCUT2D eigenvalue weighted by atomic mass is 79.9. The summed E-state index contributed by atoms with van der Waals surface area (Å²) in [5, 5.41) is 9.01. The Kier molecular flexibility index (Phi) is 2.35. The Morgan fingerprint density at radius 2 is 2.29 bits per heavy atom. The minimum atomic E-state index is -0.690. The Hall–Kier alpha value is -0.830. The van der Waals surface area contributed by atoms with Crippen LogP contribution in [-0.2, 0) is 11.2 Å². The molecule has 0 bridgehead atoms. The van der Waals surface area contributed by atoms with Crippen molar-refractivity contribution < 1.29 is 9.90 Å². The normalized spacial score (nSPS) is 24.7. The maximum Gasteiger partial charge on any atom is 0.307 e. The van der Waals surface area contributed by atoms with Gasteiger partial charge in [-0.1, -0.05) is 28.9 Å². The quantitative estimate of drug-likeness (QED) is 0.837. The monoisotopic (exact) mass is 254 g/mol. The van der Waals surface area contributed by atoms with Crippen LogP contribution in [0.5, 0.6) is 0 Å². The molecule has 1 N–H and O–H groups in total. The van der Waals surface area contributed by atoms with Crippen molar-refractivity contribution in [2.45, 2.75) is 19.3 Å². The molecule has 74 valence electrons. The predicted octanol–water partition coefficient (Wildman–Crippen LogP) is 2.81. The molecular weight excluding hydrogens is 244 g/mol. The highest BCUT2D eigenvalue weighted by Crippen LogP contribution is 2.38. The molecule has 0 spiro atoms. The zero-order valence-electron chi connectivity index (χ0n) is 7.83. The second-order valence-electron chi connectivity index (χ2n) is 3.78. The maximum absolute atomic E-state index is 11.0. The zero-order valence-corrected chi connectivity index (χ0v) is 9.41. The van der Waals surface area contributed by atoms with Gasteiger partial charge >= 0.3 is 5.97 Å². The van der Waals surface area contributed by atoms with Gasteiger partial charge in [0, 0.05) is 4.47 Å². The van der Waals surface area contributed by atoms with Crippen molar-refractivity contribution in [2.75, 3.05) is 0 Å². The second kappa shape index (κ2) is 3.39. The molecular formula is C11H11BrO2. The molecule has 0 saturated carbocycles. The number of carboxylic acid groups (broad SMARTS) is 1. The van der Waals surface area contributed by atoms with Crippen LogP contribution < -0.4 is 0 Å². The van der Waals surface area contributed by atoms with Gasteiger partial charge in [0.1, 0.15) is 0 Å². The van der Waals surface area contributed by atoms with Gasteiger partial charge in [0.2, 0.25) is 0 Å². The molecule has 0 heterocycles. The second-order valence-corrected chi connectivity index (χ2v) is 4.70. The topological polar surface area (TPSA) is 37.3 Å². The van der Waals surface area contributed by atoms with Crippen LogP contribution in [0, 0.1) is 5.92 Å². The Bertz CT molecular complexity index is 387. The lowest BCUT2D eigenvalue weighted by Gasteiger charge is -2.10. The van der Waals surface area contributed by atoms with Gasteiger partial charge in [0.25, 0.3) is 0 Å². The number of rotatable bonds is 1. The van der Waals surface area contributed by atoms with E-state index in [1.165, 1.54) is 11.1 Å². The van der Waals surface area contributed by atoms with Crippen LogP contribution in [0.1, 0.15) is 24.0 Å². The first-order valence-corrected chi connectivity index (χ1v) is 5.40. The van der Waals surface area contributed by atoms with Crippen LogP contribution in [0.15, 0.2) is 22.7 Å². The number of carbonyl (C=O) groups is 1. The minimum Gasteiger partial charge on any atom is -0.481 e. The first-order chi connectivity index (χ1) is 6.59. The lowest BCUT2D eigenvalue weighted by molar-refractivity contribution is -0.142. The van der Waals surface area contributed by atoms with Crippen LogP contribution in [0.25, 0.3) is 0 Å². The van der Waals surface area contributed by atoms with Gasteiger partial charge in [-0.2, -0.15) is 0 Å². The van der Waals surface area contributed by atoms with E-state index in [-0.39, 0.29) is 11.8 Å². The van der Waals surface area contributed by atoms with Crippen molar-refractivity contribution >= 4 is 21.9 Å². The third-order valence-electron chi connectivity index (χ3n) is 2.96. The van der Waals surface area contributed by atoms with E-state index in [4.69, 9.17) is 5.11 Å². The molecule has 2 atom stereocenters. The summed E-state index contributed by atoms with van der Waals surface area (Å²) < 4.78 is 1.02. The summed E-state index contributed by atoms with van der Waals surface area (Å²) in [5.41, 5.74) is 2.35. The van der Waals surface area contributed by atoms with E-state index in [9.17, 15) is 4.79 Å². The standard InChI is InChI=1S/C11H11BrO2/c1-6-9-5-8(12)3-2-7(9)4-10(6)11(13)14/h2-3,5-6,10H,4H2,1H3,(H,13,14). The van der Waals surface area contributed by atoms with Gasteiger partial charge in [0.05, 0.1) is 5.92 Å². The predicted molar refractivity (Wildman–Crippen MR) is 57.4 cm³/mol. The van der Waals surface area contributed by atoms with Crippen molar-refractivity contribution in [3.63, 3.8) is 0 Å². The largest absolute Gasteiger partial charge is 0.481 e. The summed E-state index contributed by atoms with van der Waals surface area (Å²) in [7, 11) is 0. The fraction of sp³-hybridized carbons (Fsp3) is 0.364. The summed E-state index contributed by atoms with van der Waals surface area (Å²) in [6, 6.07) is 6.01. The molecule has 0 saturated heterocycles. The van der Waals surface area contributed by atoms with Crippen molar-refractivity contribution in [1.29, 1.82) is 0 Å². The van der Waals surface area contributed by atoms with Gasteiger partial charge in [0.15, 0.2) is 0 Å². The average Bonchev–Trinajstić information content (AvgIpc) is 2.44. The van der Waals surface area contributed by atoms with Gasteiger partial charge in [-0.15, -0.1) is 0 Å². The molecule has 0 aromatic heterocycles. The summed E-state index contributed by atoms with van der Waals surface area (Å²) in [4.78, 5) is 11.0. The summed E-state index contributed by atoms with van der Waals surface area (Å²) >= 11 is 3.40.